The number of aliphatic carboxylic acids is 1. The first-order valence-electron chi connectivity index (χ1n) is 6.05. The van der Waals surface area contributed by atoms with Crippen LogP contribution in [-0.4, -0.2) is 39.9 Å². The lowest BCUT2D eigenvalue weighted by molar-refractivity contribution is -0.385. The summed E-state index contributed by atoms with van der Waals surface area (Å²) in [6, 6.07) is 3.38. The van der Waals surface area contributed by atoms with Gasteiger partial charge in [-0.15, -0.1) is 0 Å². The number of aryl methyl sites for hydroxylation is 1. The number of rotatable bonds is 5. The topological polar surface area (TPSA) is 101 Å². The zero-order valence-electron chi connectivity index (χ0n) is 11.5. The Bertz CT molecular complexity index is 556. The second kappa shape index (κ2) is 6.14. The molecule has 108 valence electrons. The lowest BCUT2D eigenvalue weighted by atomic mass is 10.1. The van der Waals surface area contributed by atoms with E-state index in [-0.39, 0.29) is 17.7 Å². The van der Waals surface area contributed by atoms with Crippen LogP contribution in [0.3, 0.4) is 0 Å². The molecule has 0 aliphatic rings. The number of hydrogen-bond donors (Lipinski definition) is 1. The third kappa shape index (κ3) is 2.93. The van der Waals surface area contributed by atoms with Crippen LogP contribution in [0.1, 0.15) is 29.3 Å². The number of para-hydroxylation sites is 1. The number of hydrogen-bond acceptors (Lipinski definition) is 4. The van der Waals surface area contributed by atoms with E-state index in [1.807, 2.05) is 0 Å². The molecule has 1 aromatic carbocycles. The van der Waals surface area contributed by atoms with Gasteiger partial charge in [-0.25, -0.2) is 4.79 Å². The third-order valence-corrected chi connectivity index (χ3v) is 3.11. The van der Waals surface area contributed by atoms with Gasteiger partial charge in [0.2, 0.25) is 0 Å². The van der Waals surface area contributed by atoms with Crippen molar-refractivity contribution in [3.05, 3.63) is 39.4 Å². The van der Waals surface area contributed by atoms with Crippen LogP contribution in [0.2, 0.25) is 0 Å². The SMILES string of the molecule is CCC(C(=O)O)N(C)C(=O)c1cccc(C)c1[N+](=O)[O-]. The van der Waals surface area contributed by atoms with Gasteiger partial charge in [-0.3, -0.25) is 14.9 Å². The first-order valence-corrected chi connectivity index (χ1v) is 6.05. The Morgan fingerprint density at radius 2 is 2.05 bits per heavy atom. The molecule has 0 fully saturated rings. The fraction of sp³-hybridized carbons (Fsp3) is 0.385. The summed E-state index contributed by atoms with van der Waals surface area (Å²) in [5, 5.41) is 20.1. The van der Waals surface area contributed by atoms with Crippen molar-refractivity contribution in [2.75, 3.05) is 7.05 Å². The number of amides is 1. The maximum atomic E-state index is 12.3. The molecule has 0 bridgehead atoms. The number of benzene rings is 1. The molecule has 1 unspecified atom stereocenters. The number of nitro benzene ring substituents is 1. The minimum atomic E-state index is -1.14. The molecule has 1 atom stereocenters. The van der Waals surface area contributed by atoms with Crippen molar-refractivity contribution in [1.29, 1.82) is 0 Å². The summed E-state index contributed by atoms with van der Waals surface area (Å²) in [5.74, 6) is -1.81. The molecule has 0 heterocycles. The van der Waals surface area contributed by atoms with Gasteiger partial charge in [0, 0.05) is 12.6 Å². The minimum Gasteiger partial charge on any atom is -0.480 e. The highest BCUT2D eigenvalue weighted by molar-refractivity contribution is 6.00. The van der Waals surface area contributed by atoms with Crippen LogP contribution in [0.5, 0.6) is 0 Å². The maximum Gasteiger partial charge on any atom is 0.326 e. The van der Waals surface area contributed by atoms with Crippen molar-refractivity contribution in [3.8, 4) is 0 Å². The van der Waals surface area contributed by atoms with E-state index in [0.29, 0.717) is 5.56 Å². The van der Waals surface area contributed by atoms with Crippen LogP contribution in [0.15, 0.2) is 18.2 Å². The number of nitro groups is 1. The molecule has 0 spiro atoms. The molecule has 1 N–H and O–H groups in total. The number of likely N-dealkylation sites (N-methyl/N-ethyl adjacent to an activating group) is 1. The van der Waals surface area contributed by atoms with Crippen LogP contribution in [0, 0.1) is 17.0 Å². The van der Waals surface area contributed by atoms with E-state index < -0.39 is 22.8 Å². The highest BCUT2D eigenvalue weighted by Crippen LogP contribution is 2.24. The Balaban J connectivity index is 3.25. The number of carboxylic acids is 1. The van der Waals surface area contributed by atoms with E-state index in [2.05, 4.69) is 0 Å². The van der Waals surface area contributed by atoms with Gasteiger partial charge >= 0.3 is 5.97 Å². The molecule has 1 rings (SSSR count). The Morgan fingerprint density at radius 1 is 1.45 bits per heavy atom. The molecule has 0 aliphatic heterocycles. The predicted molar refractivity (Wildman–Crippen MR) is 71.6 cm³/mol. The first kappa shape index (κ1) is 15.6. The van der Waals surface area contributed by atoms with Crippen LogP contribution in [0.4, 0.5) is 5.69 Å². The van der Waals surface area contributed by atoms with Gasteiger partial charge in [-0.05, 0) is 19.4 Å². The number of carbonyl (C=O) groups is 2. The zero-order chi connectivity index (χ0) is 15.4. The Kier molecular flexibility index (Phi) is 4.79. The molecule has 7 heteroatoms. The Labute approximate surface area is 116 Å². The first-order chi connectivity index (χ1) is 9.31. The smallest absolute Gasteiger partial charge is 0.326 e. The van der Waals surface area contributed by atoms with E-state index >= 15 is 0 Å². The summed E-state index contributed by atoms with van der Waals surface area (Å²) in [5.41, 5.74) is -0.0283. The molecular formula is C13H16N2O5. The predicted octanol–water partition coefficient (Wildman–Crippen LogP) is 1.84. The monoisotopic (exact) mass is 280 g/mol. The highest BCUT2D eigenvalue weighted by atomic mass is 16.6. The van der Waals surface area contributed by atoms with E-state index in [9.17, 15) is 19.7 Å². The summed E-state index contributed by atoms with van der Waals surface area (Å²) >= 11 is 0. The number of nitrogens with zero attached hydrogens (tertiary/aromatic N) is 2. The quantitative estimate of drug-likeness (QED) is 0.655. The fourth-order valence-corrected chi connectivity index (χ4v) is 2.02. The van der Waals surface area contributed by atoms with Crippen molar-refractivity contribution >= 4 is 17.6 Å². The van der Waals surface area contributed by atoms with Crippen molar-refractivity contribution in [3.63, 3.8) is 0 Å². The molecule has 0 aromatic heterocycles. The van der Waals surface area contributed by atoms with E-state index in [4.69, 9.17) is 5.11 Å². The van der Waals surface area contributed by atoms with Crippen LogP contribution in [0.25, 0.3) is 0 Å². The van der Waals surface area contributed by atoms with Crippen molar-refractivity contribution in [1.82, 2.24) is 4.90 Å². The average molecular weight is 280 g/mol. The van der Waals surface area contributed by atoms with Gasteiger partial charge in [0.05, 0.1) is 4.92 Å². The second-order valence-corrected chi connectivity index (χ2v) is 4.41. The van der Waals surface area contributed by atoms with Crippen molar-refractivity contribution in [2.24, 2.45) is 0 Å². The van der Waals surface area contributed by atoms with Crippen LogP contribution < -0.4 is 0 Å². The average Bonchev–Trinajstić information content (AvgIpc) is 2.37. The molecule has 1 aromatic rings. The standard InChI is InChI=1S/C13H16N2O5/c1-4-10(13(17)18)14(3)12(16)9-7-5-6-8(2)11(9)15(19)20/h5-7,10H,4H2,1-3H3,(H,17,18). The summed E-state index contributed by atoms with van der Waals surface area (Å²) in [7, 11) is 1.33. The molecule has 20 heavy (non-hydrogen) atoms. The lowest BCUT2D eigenvalue weighted by Gasteiger charge is -2.23. The van der Waals surface area contributed by atoms with Crippen LogP contribution in [-0.2, 0) is 4.79 Å². The number of carbonyl (C=O) groups excluding carboxylic acids is 1. The molecule has 1 amide bonds. The molecule has 0 saturated heterocycles. The molecule has 7 nitrogen and oxygen atoms in total. The normalized spacial score (nSPS) is 11.8. The summed E-state index contributed by atoms with van der Waals surface area (Å²) in [4.78, 5) is 34.8. The van der Waals surface area contributed by atoms with Gasteiger partial charge in [0.1, 0.15) is 11.6 Å². The minimum absolute atomic E-state index is 0.0998. The fourth-order valence-electron chi connectivity index (χ4n) is 2.02. The molecule has 0 saturated carbocycles. The van der Waals surface area contributed by atoms with E-state index in [1.165, 1.54) is 32.2 Å². The largest absolute Gasteiger partial charge is 0.480 e. The van der Waals surface area contributed by atoms with Gasteiger partial charge < -0.3 is 10.0 Å². The number of carboxylic acid groups (broad SMARTS) is 1. The summed E-state index contributed by atoms with van der Waals surface area (Å²) in [6.07, 6.45) is 0.219. The highest BCUT2D eigenvalue weighted by Gasteiger charge is 2.30. The summed E-state index contributed by atoms with van der Waals surface area (Å²) < 4.78 is 0. The molecular weight excluding hydrogens is 264 g/mol. The van der Waals surface area contributed by atoms with Gasteiger partial charge in [-0.2, -0.15) is 0 Å². The Morgan fingerprint density at radius 3 is 2.50 bits per heavy atom. The van der Waals surface area contributed by atoms with Gasteiger partial charge in [0.25, 0.3) is 11.6 Å². The third-order valence-electron chi connectivity index (χ3n) is 3.11. The van der Waals surface area contributed by atoms with E-state index in [0.717, 1.165) is 4.90 Å². The van der Waals surface area contributed by atoms with Crippen LogP contribution >= 0.6 is 0 Å². The molecule has 0 radical (unpaired) electrons. The molecule has 0 aliphatic carbocycles. The van der Waals surface area contributed by atoms with Gasteiger partial charge in [0.15, 0.2) is 0 Å². The zero-order valence-corrected chi connectivity index (χ0v) is 11.5. The summed E-state index contributed by atoms with van der Waals surface area (Å²) in [6.45, 7) is 3.16. The lowest BCUT2D eigenvalue weighted by Crippen LogP contribution is -2.42. The maximum absolute atomic E-state index is 12.3. The van der Waals surface area contributed by atoms with E-state index in [1.54, 1.807) is 6.92 Å². The van der Waals surface area contributed by atoms with Crippen molar-refractivity contribution in [2.45, 2.75) is 26.3 Å². The van der Waals surface area contributed by atoms with Gasteiger partial charge in [-0.1, -0.05) is 19.1 Å². The second-order valence-electron chi connectivity index (χ2n) is 4.41. The van der Waals surface area contributed by atoms with Crippen molar-refractivity contribution < 1.29 is 19.6 Å². The Hall–Kier alpha value is -2.44.